The van der Waals surface area contributed by atoms with E-state index in [2.05, 4.69) is 0 Å². The SMILES string of the molecule is O=C([O-])CC[C@H]1CCC[C@@H](CCC(=O)[O-])C1=O. The van der Waals surface area contributed by atoms with E-state index in [1.165, 1.54) is 0 Å². The molecular weight excluding hydrogens is 224 g/mol. The summed E-state index contributed by atoms with van der Waals surface area (Å²) in [7, 11) is 0. The number of carboxylic acids is 2. The molecule has 96 valence electrons. The van der Waals surface area contributed by atoms with Gasteiger partial charge in [0.25, 0.3) is 0 Å². The summed E-state index contributed by atoms with van der Waals surface area (Å²) in [5.41, 5.74) is 0. The number of Topliss-reactive ketones (excluding diaryl/α,β-unsaturated/α-hetero) is 1. The van der Waals surface area contributed by atoms with E-state index >= 15 is 0 Å². The summed E-state index contributed by atoms with van der Waals surface area (Å²) in [6, 6.07) is 0. The fourth-order valence-corrected chi connectivity index (χ4v) is 2.39. The molecule has 0 bridgehead atoms. The number of aliphatic carboxylic acids is 2. The van der Waals surface area contributed by atoms with Gasteiger partial charge in [0, 0.05) is 23.8 Å². The molecular formula is C12H16O5-2. The first kappa shape index (κ1) is 13.7. The van der Waals surface area contributed by atoms with Crippen LogP contribution in [0.25, 0.3) is 0 Å². The number of carboxylic acid groups (broad SMARTS) is 2. The van der Waals surface area contributed by atoms with Gasteiger partial charge in [-0.25, -0.2) is 0 Å². The van der Waals surface area contributed by atoms with Crippen LogP contribution in [0.3, 0.4) is 0 Å². The molecule has 0 aromatic rings. The lowest BCUT2D eigenvalue weighted by Crippen LogP contribution is -2.32. The van der Waals surface area contributed by atoms with Crippen molar-refractivity contribution in [3.63, 3.8) is 0 Å². The van der Waals surface area contributed by atoms with Crippen LogP contribution in [0.2, 0.25) is 0 Å². The van der Waals surface area contributed by atoms with Crippen molar-refractivity contribution in [2.45, 2.75) is 44.9 Å². The smallest absolute Gasteiger partial charge is 0.139 e. The van der Waals surface area contributed by atoms with Crippen LogP contribution in [0, 0.1) is 11.8 Å². The van der Waals surface area contributed by atoms with E-state index in [-0.39, 0.29) is 30.5 Å². The molecule has 5 nitrogen and oxygen atoms in total. The Labute approximate surface area is 99.8 Å². The lowest BCUT2D eigenvalue weighted by atomic mass is 9.76. The predicted molar refractivity (Wildman–Crippen MR) is 54.3 cm³/mol. The number of ketones is 1. The quantitative estimate of drug-likeness (QED) is 0.595. The lowest BCUT2D eigenvalue weighted by molar-refractivity contribution is -0.307. The molecule has 0 aromatic carbocycles. The second-order valence-corrected chi connectivity index (χ2v) is 4.55. The first-order valence-corrected chi connectivity index (χ1v) is 5.94. The Balaban J connectivity index is 2.44. The fourth-order valence-electron chi connectivity index (χ4n) is 2.39. The van der Waals surface area contributed by atoms with Crippen molar-refractivity contribution >= 4 is 17.7 Å². The molecule has 1 saturated carbocycles. The van der Waals surface area contributed by atoms with Crippen LogP contribution in [0.1, 0.15) is 44.9 Å². The molecule has 0 N–H and O–H groups in total. The summed E-state index contributed by atoms with van der Waals surface area (Å²) in [5.74, 6) is -2.76. The maximum Gasteiger partial charge on any atom is 0.139 e. The van der Waals surface area contributed by atoms with Gasteiger partial charge in [0.1, 0.15) is 5.78 Å². The third-order valence-corrected chi connectivity index (χ3v) is 3.30. The average molecular weight is 240 g/mol. The summed E-state index contributed by atoms with van der Waals surface area (Å²) < 4.78 is 0. The normalized spacial score (nSPS) is 24.6. The van der Waals surface area contributed by atoms with Crippen LogP contribution in [0.15, 0.2) is 0 Å². The Morgan fingerprint density at radius 2 is 1.41 bits per heavy atom. The van der Waals surface area contributed by atoms with Crippen LogP contribution in [-0.4, -0.2) is 17.7 Å². The van der Waals surface area contributed by atoms with Crippen molar-refractivity contribution < 1.29 is 24.6 Å². The van der Waals surface area contributed by atoms with Gasteiger partial charge in [0.2, 0.25) is 0 Å². The van der Waals surface area contributed by atoms with E-state index in [0.29, 0.717) is 25.7 Å². The van der Waals surface area contributed by atoms with E-state index in [1.54, 1.807) is 0 Å². The fraction of sp³-hybridized carbons (Fsp3) is 0.750. The van der Waals surface area contributed by atoms with Gasteiger partial charge >= 0.3 is 0 Å². The third kappa shape index (κ3) is 4.54. The minimum atomic E-state index is -1.14. The maximum absolute atomic E-state index is 11.9. The molecule has 0 aromatic heterocycles. The molecule has 0 heterocycles. The molecule has 0 unspecified atom stereocenters. The first-order chi connectivity index (χ1) is 8.00. The van der Waals surface area contributed by atoms with Crippen molar-refractivity contribution in [2.75, 3.05) is 0 Å². The van der Waals surface area contributed by atoms with E-state index < -0.39 is 11.9 Å². The van der Waals surface area contributed by atoms with Crippen LogP contribution in [0.4, 0.5) is 0 Å². The summed E-state index contributed by atoms with van der Waals surface area (Å²) in [4.78, 5) is 32.6. The average Bonchev–Trinajstić information content (AvgIpc) is 2.25. The molecule has 1 aliphatic carbocycles. The zero-order valence-corrected chi connectivity index (χ0v) is 9.65. The van der Waals surface area contributed by atoms with Crippen molar-refractivity contribution in [1.29, 1.82) is 0 Å². The second kappa shape index (κ2) is 6.37. The van der Waals surface area contributed by atoms with Crippen molar-refractivity contribution in [3.8, 4) is 0 Å². The van der Waals surface area contributed by atoms with Crippen LogP contribution in [-0.2, 0) is 14.4 Å². The third-order valence-electron chi connectivity index (χ3n) is 3.30. The number of carbonyl (C=O) groups excluding carboxylic acids is 3. The monoisotopic (exact) mass is 240 g/mol. The standard InChI is InChI=1S/C12H18O5/c13-10(14)6-4-8-2-1-3-9(12(8)17)5-7-11(15)16/h8-9H,1-7H2,(H,13,14)(H,15,16)/p-2/t8-,9+. The minimum absolute atomic E-state index is 0.0127. The predicted octanol–water partition coefficient (Wildman–Crippen LogP) is -0.968. The Morgan fingerprint density at radius 1 is 1.00 bits per heavy atom. The van der Waals surface area contributed by atoms with Crippen LogP contribution in [0.5, 0.6) is 0 Å². The number of hydrogen-bond donors (Lipinski definition) is 0. The molecule has 0 saturated heterocycles. The van der Waals surface area contributed by atoms with Gasteiger partial charge in [-0.1, -0.05) is 6.42 Å². The molecule has 1 rings (SSSR count). The number of carbonyl (C=O) groups is 3. The Hall–Kier alpha value is -1.39. The van der Waals surface area contributed by atoms with Gasteiger partial charge in [-0.3, -0.25) is 4.79 Å². The van der Waals surface area contributed by atoms with Gasteiger partial charge < -0.3 is 19.8 Å². The summed E-state index contributed by atoms with van der Waals surface area (Å²) in [5, 5.41) is 20.7. The first-order valence-electron chi connectivity index (χ1n) is 5.94. The summed E-state index contributed by atoms with van der Waals surface area (Å²) in [6.45, 7) is 0. The van der Waals surface area contributed by atoms with E-state index in [0.717, 1.165) is 6.42 Å². The second-order valence-electron chi connectivity index (χ2n) is 4.55. The number of rotatable bonds is 6. The van der Waals surface area contributed by atoms with Crippen molar-refractivity contribution in [3.05, 3.63) is 0 Å². The molecule has 1 aliphatic rings. The molecule has 0 radical (unpaired) electrons. The highest BCUT2D eigenvalue weighted by Crippen LogP contribution is 2.31. The Morgan fingerprint density at radius 3 is 1.76 bits per heavy atom. The Kier molecular flexibility index (Phi) is 5.12. The highest BCUT2D eigenvalue weighted by Gasteiger charge is 2.30. The molecule has 1 fully saturated rings. The summed E-state index contributed by atoms with van der Waals surface area (Å²) >= 11 is 0. The van der Waals surface area contributed by atoms with Crippen molar-refractivity contribution in [2.24, 2.45) is 11.8 Å². The van der Waals surface area contributed by atoms with Gasteiger partial charge in [-0.15, -0.1) is 0 Å². The van der Waals surface area contributed by atoms with E-state index in [9.17, 15) is 24.6 Å². The minimum Gasteiger partial charge on any atom is -0.550 e. The zero-order valence-electron chi connectivity index (χ0n) is 9.65. The van der Waals surface area contributed by atoms with Crippen LogP contribution < -0.4 is 10.2 Å². The largest absolute Gasteiger partial charge is 0.550 e. The van der Waals surface area contributed by atoms with Gasteiger partial charge in [-0.2, -0.15) is 0 Å². The van der Waals surface area contributed by atoms with Crippen molar-refractivity contribution in [1.82, 2.24) is 0 Å². The van der Waals surface area contributed by atoms with Gasteiger partial charge in [0.05, 0.1) is 0 Å². The molecule has 5 heteroatoms. The van der Waals surface area contributed by atoms with Crippen LogP contribution >= 0.6 is 0 Å². The molecule has 0 aliphatic heterocycles. The highest BCUT2D eigenvalue weighted by atomic mass is 16.4. The van der Waals surface area contributed by atoms with Gasteiger partial charge in [-0.05, 0) is 38.5 Å². The van der Waals surface area contributed by atoms with E-state index in [4.69, 9.17) is 0 Å². The van der Waals surface area contributed by atoms with Gasteiger partial charge in [0.15, 0.2) is 0 Å². The Bertz CT molecular complexity index is 282. The molecule has 0 spiro atoms. The molecule has 2 atom stereocenters. The molecule has 17 heavy (non-hydrogen) atoms. The topological polar surface area (TPSA) is 97.3 Å². The molecule has 0 amide bonds. The van der Waals surface area contributed by atoms with E-state index in [1.807, 2.05) is 0 Å². The lowest BCUT2D eigenvalue weighted by Gasteiger charge is -2.28. The number of hydrogen-bond acceptors (Lipinski definition) is 5. The maximum atomic E-state index is 11.9. The summed E-state index contributed by atoms with van der Waals surface area (Å²) in [6.07, 6.45) is 2.65. The zero-order chi connectivity index (χ0) is 12.8. The highest BCUT2D eigenvalue weighted by molar-refractivity contribution is 5.84.